The molecule has 138 valence electrons. The van der Waals surface area contributed by atoms with E-state index in [4.69, 9.17) is 0 Å². The average Bonchev–Trinajstić information content (AvgIpc) is 2.83. The summed E-state index contributed by atoms with van der Waals surface area (Å²) in [5.41, 5.74) is 2.40. The van der Waals surface area contributed by atoms with Crippen LogP contribution >= 0.6 is 0 Å². The largest absolute Gasteiger partial charge is 1.00 e. The summed E-state index contributed by atoms with van der Waals surface area (Å²) >= 11 is 0. The maximum absolute atomic E-state index is 11.8. The van der Waals surface area contributed by atoms with Gasteiger partial charge in [-0.15, -0.1) is 0 Å². The van der Waals surface area contributed by atoms with Gasteiger partial charge in [-0.1, -0.05) is 44.2 Å². The molecule has 4 aliphatic carbocycles. The molecule has 3 unspecified atom stereocenters. The van der Waals surface area contributed by atoms with Gasteiger partial charge >= 0.3 is 51.4 Å². The predicted molar refractivity (Wildman–Crippen MR) is 98.8 cm³/mol. The van der Waals surface area contributed by atoms with Crippen LogP contribution in [0.5, 0.6) is 0 Å². The first-order chi connectivity index (χ1) is 12.3. The SMILES string of the molecule is C=C1CC2C3C=CC4=CC(=O)C=C[C@]4(C)C3CC[C@]2(C)[C@@H]1CCC(=O)[O-].[K+]. The smallest absolute Gasteiger partial charge is 0.550 e. The van der Waals surface area contributed by atoms with E-state index < -0.39 is 5.97 Å². The van der Waals surface area contributed by atoms with Gasteiger partial charge in [-0.2, -0.15) is 0 Å². The molecule has 0 aromatic carbocycles. The molecule has 6 atom stereocenters. The van der Waals surface area contributed by atoms with E-state index >= 15 is 0 Å². The minimum absolute atomic E-state index is 0. The van der Waals surface area contributed by atoms with Crippen LogP contribution in [0.2, 0.25) is 0 Å². The number of carboxylic acid groups (broad SMARTS) is 1. The predicted octanol–water partition coefficient (Wildman–Crippen LogP) is 0.387. The van der Waals surface area contributed by atoms with E-state index in [0.717, 1.165) is 24.8 Å². The second-order valence-electron chi connectivity index (χ2n) is 9.14. The van der Waals surface area contributed by atoms with Crippen LogP contribution in [0.3, 0.4) is 0 Å². The van der Waals surface area contributed by atoms with Crippen molar-refractivity contribution in [1.82, 2.24) is 0 Å². The van der Waals surface area contributed by atoms with Gasteiger partial charge in [0.1, 0.15) is 0 Å². The van der Waals surface area contributed by atoms with E-state index in [1.54, 1.807) is 12.2 Å². The van der Waals surface area contributed by atoms with Crippen molar-refractivity contribution >= 4 is 11.8 Å². The Morgan fingerprint density at radius 2 is 2.04 bits per heavy atom. The first kappa shape index (κ1) is 21.4. The Hall–Kier alpha value is -0.264. The summed E-state index contributed by atoms with van der Waals surface area (Å²) in [6.45, 7) is 8.93. The molecule has 0 heterocycles. The number of allylic oxidation sites excluding steroid dienone is 7. The van der Waals surface area contributed by atoms with Crippen molar-refractivity contribution in [3.05, 3.63) is 48.1 Å². The Balaban J connectivity index is 0.00000210. The van der Waals surface area contributed by atoms with Crippen molar-refractivity contribution in [2.45, 2.75) is 46.0 Å². The van der Waals surface area contributed by atoms with Gasteiger partial charge in [-0.05, 0) is 78.9 Å². The van der Waals surface area contributed by atoms with Crippen LogP contribution < -0.4 is 56.5 Å². The molecule has 4 aliphatic rings. The van der Waals surface area contributed by atoms with Gasteiger partial charge in [0.05, 0.1) is 0 Å². The van der Waals surface area contributed by atoms with Gasteiger partial charge in [0, 0.05) is 11.4 Å². The Morgan fingerprint density at radius 1 is 1.30 bits per heavy atom. The molecule has 4 rings (SSSR count). The van der Waals surface area contributed by atoms with Gasteiger partial charge in [0.2, 0.25) is 0 Å². The van der Waals surface area contributed by atoms with Crippen LogP contribution in [0.15, 0.2) is 48.1 Å². The quantitative estimate of drug-likeness (QED) is 0.517. The molecule has 2 fully saturated rings. The number of ketones is 1. The molecule has 0 aromatic heterocycles. The molecular formula is C23H27KO3. The molecule has 27 heavy (non-hydrogen) atoms. The number of rotatable bonds is 3. The fraction of sp³-hybridized carbons (Fsp3) is 0.565. The first-order valence-electron chi connectivity index (χ1n) is 9.77. The summed E-state index contributed by atoms with van der Waals surface area (Å²) in [6.07, 6.45) is 14.0. The van der Waals surface area contributed by atoms with E-state index in [1.807, 2.05) is 0 Å². The zero-order chi connectivity index (χ0) is 18.7. The van der Waals surface area contributed by atoms with Crippen molar-refractivity contribution in [3.63, 3.8) is 0 Å². The number of carbonyl (C=O) groups excluding carboxylic acids is 2. The number of hydrogen-bond acceptors (Lipinski definition) is 3. The van der Waals surface area contributed by atoms with Crippen LogP contribution in [0.1, 0.15) is 46.0 Å². The van der Waals surface area contributed by atoms with Crippen LogP contribution in [-0.4, -0.2) is 11.8 Å². The fourth-order valence-electron chi connectivity index (χ4n) is 6.51. The van der Waals surface area contributed by atoms with Crippen LogP contribution in [0.4, 0.5) is 0 Å². The standard InChI is InChI=1S/C23H28O3.K/c1-14-12-20-17-5-4-15-13-16(24)8-10-22(15,2)19(17)9-11-23(20,3)18(14)6-7-21(25)26;/h4-5,8,10,13,17-20H,1,6-7,9,11-12H2,2-3H3,(H,25,26);/q;+1/p-1/t17?,18-,19?,20?,22+,23-;/m1./s1. The number of hydrogen-bond donors (Lipinski definition) is 0. The molecule has 0 radical (unpaired) electrons. The van der Waals surface area contributed by atoms with Crippen LogP contribution in [0, 0.1) is 34.5 Å². The molecule has 4 heteroatoms. The van der Waals surface area contributed by atoms with Gasteiger partial charge in [0.15, 0.2) is 5.78 Å². The van der Waals surface area contributed by atoms with Gasteiger partial charge in [-0.25, -0.2) is 0 Å². The molecule has 0 amide bonds. The molecule has 0 N–H and O–H groups in total. The molecule has 0 bridgehead atoms. The molecular weight excluding hydrogens is 363 g/mol. The second-order valence-corrected chi connectivity index (χ2v) is 9.14. The Labute approximate surface area is 204 Å². The first-order valence-corrected chi connectivity index (χ1v) is 9.77. The Kier molecular flexibility index (Phi) is 5.98. The number of carbonyl (C=O) groups is 2. The van der Waals surface area contributed by atoms with Gasteiger partial charge in [-0.3, -0.25) is 4.79 Å². The third kappa shape index (κ3) is 3.36. The molecule has 3 nitrogen and oxygen atoms in total. The van der Waals surface area contributed by atoms with E-state index in [1.165, 1.54) is 5.57 Å². The maximum Gasteiger partial charge on any atom is 1.00 e. The van der Waals surface area contributed by atoms with Crippen molar-refractivity contribution in [1.29, 1.82) is 0 Å². The number of carboxylic acids is 1. The molecule has 2 saturated carbocycles. The van der Waals surface area contributed by atoms with Crippen molar-refractivity contribution in [2.24, 2.45) is 34.5 Å². The summed E-state index contributed by atoms with van der Waals surface area (Å²) in [6, 6.07) is 0. The van der Waals surface area contributed by atoms with E-state index in [9.17, 15) is 14.7 Å². The zero-order valence-corrected chi connectivity index (χ0v) is 19.8. The summed E-state index contributed by atoms with van der Waals surface area (Å²) in [7, 11) is 0. The molecule has 0 spiro atoms. The minimum Gasteiger partial charge on any atom is -0.550 e. The topological polar surface area (TPSA) is 57.2 Å². The Morgan fingerprint density at radius 3 is 2.74 bits per heavy atom. The van der Waals surface area contributed by atoms with Crippen LogP contribution in [0.25, 0.3) is 0 Å². The van der Waals surface area contributed by atoms with E-state index in [-0.39, 0.29) is 80.3 Å². The monoisotopic (exact) mass is 390 g/mol. The normalized spacial score (nSPS) is 41.9. The summed E-state index contributed by atoms with van der Waals surface area (Å²) in [5, 5.41) is 11.0. The number of aliphatic carboxylic acids is 1. The van der Waals surface area contributed by atoms with E-state index in [0.29, 0.717) is 24.2 Å². The van der Waals surface area contributed by atoms with Crippen molar-refractivity contribution < 1.29 is 66.1 Å². The third-order valence-corrected chi connectivity index (χ3v) is 7.96. The van der Waals surface area contributed by atoms with E-state index in [2.05, 4.69) is 38.7 Å². The van der Waals surface area contributed by atoms with Gasteiger partial charge < -0.3 is 9.90 Å². The summed E-state index contributed by atoms with van der Waals surface area (Å²) in [4.78, 5) is 22.8. The van der Waals surface area contributed by atoms with Crippen molar-refractivity contribution in [2.75, 3.05) is 0 Å². The Bertz CT molecular complexity index is 776. The molecule has 0 aromatic rings. The average molecular weight is 391 g/mol. The summed E-state index contributed by atoms with van der Waals surface area (Å²) < 4.78 is 0. The van der Waals surface area contributed by atoms with Crippen LogP contribution in [-0.2, 0) is 9.59 Å². The van der Waals surface area contributed by atoms with Gasteiger partial charge in [0.25, 0.3) is 0 Å². The fourth-order valence-corrected chi connectivity index (χ4v) is 6.51. The second kappa shape index (κ2) is 7.53. The molecule has 0 saturated heterocycles. The summed E-state index contributed by atoms with van der Waals surface area (Å²) in [5.74, 6) is 0.842. The zero-order valence-electron chi connectivity index (χ0n) is 16.7. The number of fused-ring (bicyclic) bond motifs is 5. The molecule has 0 aliphatic heterocycles. The minimum atomic E-state index is -0.963. The van der Waals surface area contributed by atoms with Crippen molar-refractivity contribution in [3.8, 4) is 0 Å². The third-order valence-electron chi connectivity index (χ3n) is 7.96. The maximum atomic E-state index is 11.8.